The summed E-state index contributed by atoms with van der Waals surface area (Å²) >= 11 is 5.85. The quantitative estimate of drug-likeness (QED) is 0.882. The van der Waals surface area contributed by atoms with Gasteiger partial charge in [-0.05, 0) is 37.7 Å². The van der Waals surface area contributed by atoms with Gasteiger partial charge in [0.1, 0.15) is 5.69 Å². The summed E-state index contributed by atoms with van der Waals surface area (Å²) in [5.74, 6) is 0.392. The van der Waals surface area contributed by atoms with Crippen molar-refractivity contribution in [3.8, 4) is 0 Å². The van der Waals surface area contributed by atoms with Crippen molar-refractivity contribution in [1.29, 1.82) is 0 Å². The molecule has 1 amide bonds. The van der Waals surface area contributed by atoms with Crippen molar-refractivity contribution in [2.24, 2.45) is 13.0 Å². The molecule has 0 aliphatic heterocycles. The summed E-state index contributed by atoms with van der Waals surface area (Å²) in [6, 6.07) is 1.67. The number of halogens is 1. The number of carbonyl (C=O) groups excluding carboxylic acids is 1. The molecule has 0 radical (unpaired) electrons. The lowest BCUT2D eigenvalue weighted by Crippen LogP contribution is -2.32. The van der Waals surface area contributed by atoms with Gasteiger partial charge in [0.25, 0.3) is 5.91 Å². The minimum atomic E-state index is -0.149. The topological polar surface area (TPSA) is 54.3 Å². The standard InChI is InChI=1S/C13H19ClN2O2/c1-16-8-10(14)6-12(16)13(18)15-7-9-2-4-11(17)5-3-9/h6,8-9,11,17H,2-5,7H2,1H3,(H,15,18). The van der Waals surface area contributed by atoms with Crippen molar-refractivity contribution in [3.63, 3.8) is 0 Å². The van der Waals surface area contributed by atoms with Crippen molar-refractivity contribution >= 4 is 17.5 Å². The van der Waals surface area contributed by atoms with Gasteiger partial charge in [-0.3, -0.25) is 4.79 Å². The molecular formula is C13H19ClN2O2. The van der Waals surface area contributed by atoms with Crippen LogP contribution in [-0.4, -0.2) is 28.2 Å². The molecular weight excluding hydrogens is 252 g/mol. The van der Waals surface area contributed by atoms with Crippen LogP contribution in [-0.2, 0) is 7.05 Å². The molecule has 0 saturated heterocycles. The Morgan fingerprint density at radius 1 is 1.50 bits per heavy atom. The van der Waals surface area contributed by atoms with E-state index in [1.54, 1.807) is 23.9 Å². The molecule has 1 heterocycles. The molecule has 18 heavy (non-hydrogen) atoms. The van der Waals surface area contributed by atoms with Crippen molar-refractivity contribution in [2.45, 2.75) is 31.8 Å². The molecule has 1 saturated carbocycles. The van der Waals surface area contributed by atoms with Crippen molar-refractivity contribution in [3.05, 3.63) is 23.0 Å². The highest BCUT2D eigenvalue weighted by atomic mass is 35.5. The maximum Gasteiger partial charge on any atom is 0.267 e. The Kier molecular flexibility index (Phi) is 4.30. The van der Waals surface area contributed by atoms with E-state index in [1.165, 1.54) is 0 Å². The Bertz CT molecular complexity index is 423. The zero-order valence-electron chi connectivity index (χ0n) is 10.5. The molecule has 4 nitrogen and oxygen atoms in total. The van der Waals surface area contributed by atoms with E-state index in [0.29, 0.717) is 23.2 Å². The van der Waals surface area contributed by atoms with E-state index in [2.05, 4.69) is 5.32 Å². The first-order valence-electron chi connectivity index (χ1n) is 6.34. The van der Waals surface area contributed by atoms with Crippen LogP contribution in [0.5, 0.6) is 0 Å². The molecule has 1 aliphatic carbocycles. The van der Waals surface area contributed by atoms with Crippen molar-refractivity contribution < 1.29 is 9.90 Å². The van der Waals surface area contributed by atoms with Crippen LogP contribution in [0.15, 0.2) is 12.3 Å². The summed E-state index contributed by atoms with van der Waals surface area (Å²) in [6.07, 6.45) is 5.22. The Labute approximate surface area is 112 Å². The minimum absolute atomic E-state index is 0.0875. The fourth-order valence-corrected chi connectivity index (χ4v) is 2.68. The third-order valence-electron chi connectivity index (χ3n) is 3.57. The zero-order valence-corrected chi connectivity index (χ0v) is 11.3. The summed E-state index contributed by atoms with van der Waals surface area (Å²) in [7, 11) is 1.80. The molecule has 0 atom stereocenters. The summed E-state index contributed by atoms with van der Waals surface area (Å²) in [5.41, 5.74) is 0.579. The van der Waals surface area contributed by atoms with Gasteiger partial charge >= 0.3 is 0 Å². The van der Waals surface area contributed by atoms with Gasteiger partial charge in [-0.1, -0.05) is 11.6 Å². The fourth-order valence-electron chi connectivity index (χ4n) is 2.43. The number of aryl methyl sites for hydroxylation is 1. The molecule has 1 aromatic rings. The molecule has 1 aliphatic rings. The molecule has 0 aromatic carbocycles. The van der Waals surface area contributed by atoms with Crippen LogP contribution >= 0.6 is 11.6 Å². The third-order valence-corrected chi connectivity index (χ3v) is 3.78. The largest absolute Gasteiger partial charge is 0.393 e. The zero-order chi connectivity index (χ0) is 13.1. The van der Waals surface area contributed by atoms with Crippen molar-refractivity contribution in [2.75, 3.05) is 6.54 Å². The first kappa shape index (κ1) is 13.4. The highest BCUT2D eigenvalue weighted by Gasteiger charge is 2.20. The molecule has 5 heteroatoms. The van der Waals surface area contributed by atoms with Gasteiger partial charge in [-0.15, -0.1) is 0 Å². The highest BCUT2D eigenvalue weighted by Crippen LogP contribution is 2.23. The normalized spacial score (nSPS) is 23.9. The van der Waals surface area contributed by atoms with E-state index in [1.807, 2.05) is 0 Å². The number of hydrogen-bond donors (Lipinski definition) is 2. The predicted octanol–water partition coefficient (Wildman–Crippen LogP) is 1.96. The first-order valence-corrected chi connectivity index (χ1v) is 6.72. The van der Waals surface area contributed by atoms with E-state index in [4.69, 9.17) is 11.6 Å². The number of aromatic nitrogens is 1. The van der Waals surface area contributed by atoms with Gasteiger partial charge in [-0.2, -0.15) is 0 Å². The number of carbonyl (C=O) groups is 1. The van der Waals surface area contributed by atoms with Gasteiger partial charge in [0.05, 0.1) is 11.1 Å². The Morgan fingerprint density at radius 2 is 2.17 bits per heavy atom. The number of nitrogens with one attached hydrogen (secondary N) is 1. The van der Waals surface area contributed by atoms with Crippen LogP contribution in [0.25, 0.3) is 0 Å². The maximum absolute atomic E-state index is 11.9. The summed E-state index contributed by atoms with van der Waals surface area (Å²) in [4.78, 5) is 11.9. The molecule has 1 fully saturated rings. The van der Waals surface area contributed by atoms with E-state index in [-0.39, 0.29) is 12.0 Å². The maximum atomic E-state index is 11.9. The lowest BCUT2D eigenvalue weighted by molar-refractivity contribution is 0.0903. The van der Waals surface area contributed by atoms with Gasteiger partial charge in [0.15, 0.2) is 0 Å². The van der Waals surface area contributed by atoms with E-state index in [9.17, 15) is 9.90 Å². The van der Waals surface area contributed by atoms with Gasteiger partial charge in [0.2, 0.25) is 0 Å². The second-order valence-corrected chi connectivity index (χ2v) is 5.48. The third kappa shape index (κ3) is 3.27. The lowest BCUT2D eigenvalue weighted by Gasteiger charge is -2.25. The number of hydrogen-bond acceptors (Lipinski definition) is 2. The predicted molar refractivity (Wildman–Crippen MR) is 70.7 cm³/mol. The molecule has 100 valence electrons. The number of aliphatic hydroxyl groups excluding tert-OH is 1. The number of rotatable bonds is 3. The molecule has 2 rings (SSSR count). The molecule has 0 spiro atoms. The van der Waals surface area contributed by atoms with Crippen LogP contribution in [0.2, 0.25) is 5.02 Å². The van der Waals surface area contributed by atoms with Gasteiger partial charge in [-0.25, -0.2) is 0 Å². The van der Waals surface area contributed by atoms with E-state index in [0.717, 1.165) is 25.7 Å². The second-order valence-electron chi connectivity index (χ2n) is 5.04. The minimum Gasteiger partial charge on any atom is -0.393 e. The monoisotopic (exact) mass is 270 g/mol. The number of nitrogens with zero attached hydrogens (tertiary/aromatic N) is 1. The summed E-state index contributed by atoms with van der Waals surface area (Å²) < 4.78 is 1.72. The Morgan fingerprint density at radius 3 is 2.72 bits per heavy atom. The van der Waals surface area contributed by atoms with Crippen LogP contribution in [0.1, 0.15) is 36.2 Å². The molecule has 0 bridgehead atoms. The van der Waals surface area contributed by atoms with Crippen LogP contribution in [0.4, 0.5) is 0 Å². The SMILES string of the molecule is Cn1cc(Cl)cc1C(=O)NCC1CCC(O)CC1. The Balaban J connectivity index is 1.83. The Hall–Kier alpha value is -1.00. The summed E-state index contributed by atoms with van der Waals surface area (Å²) in [6.45, 7) is 0.675. The van der Waals surface area contributed by atoms with Gasteiger partial charge in [0, 0.05) is 19.8 Å². The lowest BCUT2D eigenvalue weighted by atomic mass is 9.87. The van der Waals surface area contributed by atoms with Crippen molar-refractivity contribution in [1.82, 2.24) is 9.88 Å². The van der Waals surface area contributed by atoms with Gasteiger partial charge < -0.3 is 15.0 Å². The fraction of sp³-hybridized carbons (Fsp3) is 0.615. The second kappa shape index (κ2) is 5.76. The molecule has 2 N–H and O–H groups in total. The number of aliphatic hydroxyl groups is 1. The van der Waals surface area contributed by atoms with Crippen LogP contribution < -0.4 is 5.32 Å². The average Bonchev–Trinajstić information content (AvgIpc) is 2.67. The van der Waals surface area contributed by atoms with Crippen LogP contribution in [0, 0.1) is 5.92 Å². The first-order chi connectivity index (χ1) is 8.56. The highest BCUT2D eigenvalue weighted by molar-refractivity contribution is 6.31. The summed E-state index contributed by atoms with van der Waals surface area (Å²) in [5, 5.41) is 12.9. The smallest absolute Gasteiger partial charge is 0.267 e. The molecule has 1 aromatic heterocycles. The van der Waals surface area contributed by atoms with E-state index >= 15 is 0 Å². The number of amides is 1. The van der Waals surface area contributed by atoms with E-state index < -0.39 is 0 Å². The molecule has 0 unspecified atom stereocenters. The van der Waals surface area contributed by atoms with Crippen LogP contribution in [0.3, 0.4) is 0 Å². The average molecular weight is 271 g/mol.